The van der Waals surface area contributed by atoms with Crippen LogP contribution in [-0.4, -0.2) is 36.2 Å². The molecule has 0 spiro atoms. The third-order valence-corrected chi connectivity index (χ3v) is 5.88. The number of aryl methyl sites for hydroxylation is 2. The van der Waals surface area contributed by atoms with Crippen LogP contribution < -0.4 is 10.2 Å². The first-order chi connectivity index (χ1) is 17.4. The Bertz CT molecular complexity index is 1070. The second-order valence-electron chi connectivity index (χ2n) is 8.91. The maximum absolute atomic E-state index is 11.9. The Morgan fingerprint density at radius 2 is 1.92 bits per heavy atom. The van der Waals surface area contributed by atoms with Crippen LogP contribution in [0.25, 0.3) is 0 Å². The van der Waals surface area contributed by atoms with Gasteiger partial charge in [0.05, 0.1) is 12.3 Å². The van der Waals surface area contributed by atoms with E-state index in [0.29, 0.717) is 18.0 Å². The molecule has 0 amide bonds. The number of halogens is 2. The first-order valence-electron chi connectivity index (χ1n) is 11.7. The highest BCUT2D eigenvalue weighted by atomic mass is 32.2. The van der Waals surface area contributed by atoms with Crippen LogP contribution in [0.4, 0.5) is 8.39 Å². The van der Waals surface area contributed by atoms with Crippen LogP contribution >= 0.6 is 20.3 Å². The van der Waals surface area contributed by atoms with E-state index >= 15 is 0 Å². The van der Waals surface area contributed by atoms with Gasteiger partial charge in [-0.25, -0.2) is 4.79 Å². The van der Waals surface area contributed by atoms with E-state index in [1.54, 1.807) is 24.8 Å². The van der Waals surface area contributed by atoms with Crippen LogP contribution in [0.3, 0.4) is 0 Å². The maximum atomic E-state index is 11.9. The van der Waals surface area contributed by atoms with Gasteiger partial charge in [-0.15, -0.1) is 18.3 Å². The summed E-state index contributed by atoms with van der Waals surface area (Å²) in [6.07, 6.45) is 3.13. The number of rotatable bonds is 11. The second kappa shape index (κ2) is 16.9. The Kier molecular flexibility index (Phi) is 14.8. The lowest BCUT2D eigenvalue weighted by atomic mass is 10.1. The number of esters is 1. The van der Waals surface area contributed by atoms with Crippen molar-refractivity contribution in [3.05, 3.63) is 83.7 Å². The van der Waals surface area contributed by atoms with Gasteiger partial charge < -0.3 is 14.9 Å². The molecule has 0 radical (unpaired) electrons. The van der Waals surface area contributed by atoms with Crippen molar-refractivity contribution >= 4 is 32.0 Å². The molecule has 0 atom stereocenters. The molecule has 0 aliphatic rings. The number of allylic oxidation sites excluding steroid dienone is 1. The number of carbonyl (C=O) groups excluding carboxylic acids is 1. The van der Waals surface area contributed by atoms with Gasteiger partial charge >= 0.3 is 5.97 Å². The summed E-state index contributed by atoms with van der Waals surface area (Å²) in [5.41, 5.74) is 6.75. The predicted molar refractivity (Wildman–Crippen MR) is 153 cm³/mol. The van der Waals surface area contributed by atoms with Crippen LogP contribution in [0.1, 0.15) is 44.4 Å². The molecule has 0 bridgehead atoms. The smallest absolute Gasteiger partial charge is 0.344 e. The summed E-state index contributed by atoms with van der Waals surface area (Å²) < 4.78 is 33.0. The fourth-order valence-electron chi connectivity index (χ4n) is 2.86. The minimum absolute atomic E-state index is 0.107. The SMILES string of the molecule is C/C=C/P(F)F.C=CCN/N=C(/CSc1ccc(OCC(=O)OC(C)(C)C)c(C)c1)c1cccc(C)c1. The van der Waals surface area contributed by atoms with Gasteiger partial charge in [0.1, 0.15) is 11.4 Å². The van der Waals surface area contributed by atoms with Gasteiger partial charge in [-0.2, -0.15) is 13.5 Å². The number of hydrogen-bond acceptors (Lipinski definition) is 6. The van der Waals surface area contributed by atoms with Crippen molar-refractivity contribution in [1.29, 1.82) is 0 Å². The number of thioether (sulfide) groups is 1. The molecule has 0 unspecified atom stereocenters. The van der Waals surface area contributed by atoms with Gasteiger partial charge in [-0.05, 0) is 76.7 Å². The summed E-state index contributed by atoms with van der Waals surface area (Å²) in [5.74, 6) is 1.91. The molecule has 2 aromatic rings. The fraction of sp³-hybridized carbons (Fsp3) is 0.357. The summed E-state index contributed by atoms with van der Waals surface area (Å²) in [4.78, 5) is 13.0. The van der Waals surface area contributed by atoms with Crippen LogP contribution in [0, 0.1) is 13.8 Å². The number of hydrazone groups is 1. The minimum Gasteiger partial charge on any atom is -0.482 e. The topological polar surface area (TPSA) is 59.9 Å². The molecule has 5 nitrogen and oxygen atoms in total. The molecule has 1 N–H and O–H groups in total. The largest absolute Gasteiger partial charge is 0.482 e. The standard InChI is InChI=1S/C25H32N2O3S.C3H5F2P/c1-7-13-26-27-22(20-10-8-9-18(2)14-20)17-31-21-11-12-23(19(3)15-21)29-16-24(28)30-25(4,5)6;1-2-3-6(4)5/h7-12,14-15,26H,1,13,16-17H2,2-6H3;2-3H,1H3/b27-22-;3-2+. The molecule has 0 aliphatic carbocycles. The van der Waals surface area contributed by atoms with E-state index in [9.17, 15) is 13.2 Å². The monoisotopic (exact) mass is 550 g/mol. The number of nitrogens with zero attached hydrogens (tertiary/aromatic N) is 1. The van der Waals surface area contributed by atoms with E-state index in [4.69, 9.17) is 9.47 Å². The lowest BCUT2D eigenvalue weighted by Crippen LogP contribution is -2.27. The Hall–Kier alpha value is -2.70. The van der Waals surface area contributed by atoms with Crippen molar-refractivity contribution in [2.24, 2.45) is 5.10 Å². The first kappa shape index (κ1) is 32.3. The third-order valence-electron chi connectivity index (χ3n) is 4.35. The van der Waals surface area contributed by atoms with Gasteiger partial charge in [-0.1, -0.05) is 42.0 Å². The van der Waals surface area contributed by atoms with Crippen molar-refractivity contribution in [3.63, 3.8) is 0 Å². The molecule has 0 heterocycles. The molecule has 202 valence electrons. The van der Waals surface area contributed by atoms with E-state index in [2.05, 4.69) is 48.3 Å². The van der Waals surface area contributed by atoms with Crippen molar-refractivity contribution in [2.45, 2.75) is 52.0 Å². The van der Waals surface area contributed by atoms with Gasteiger partial charge in [-0.3, -0.25) is 0 Å². The molecule has 9 heteroatoms. The molecule has 0 saturated carbocycles. The summed E-state index contributed by atoms with van der Waals surface area (Å²) in [5, 5.41) is 4.56. The van der Waals surface area contributed by atoms with Crippen LogP contribution in [0.5, 0.6) is 5.75 Å². The maximum Gasteiger partial charge on any atom is 0.344 e. The zero-order chi connectivity index (χ0) is 27.8. The van der Waals surface area contributed by atoms with Crippen molar-refractivity contribution in [3.8, 4) is 5.75 Å². The molecule has 0 fully saturated rings. The van der Waals surface area contributed by atoms with E-state index in [1.807, 2.05) is 45.9 Å². The van der Waals surface area contributed by atoms with Crippen LogP contribution in [0.2, 0.25) is 0 Å². The number of nitrogens with one attached hydrogen (secondary N) is 1. The highest BCUT2D eigenvalue weighted by Crippen LogP contribution is 2.39. The summed E-state index contributed by atoms with van der Waals surface area (Å²) in [7, 11) is -2.78. The van der Waals surface area contributed by atoms with Gasteiger partial charge in [0, 0.05) is 10.6 Å². The van der Waals surface area contributed by atoms with Crippen LogP contribution in [-0.2, 0) is 9.53 Å². The fourth-order valence-corrected chi connectivity index (χ4v) is 4.04. The quantitative estimate of drug-likeness (QED) is 0.0583. The lowest BCUT2D eigenvalue weighted by molar-refractivity contribution is -0.157. The van der Waals surface area contributed by atoms with E-state index in [-0.39, 0.29) is 12.6 Å². The molecular formula is C28H37F2N2O3PS. The summed E-state index contributed by atoms with van der Waals surface area (Å²) in [6.45, 7) is 15.4. The zero-order valence-corrected chi connectivity index (χ0v) is 24.1. The number of carbonyl (C=O) groups is 1. The summed E-state index contributed by atoms with van der Waals surface area (Å²) in [6, 6.07) is 14.3. The number of hydrogen-bond donors (Lipinski definition) is 1. The average Bonchev–Trinajstić information content (AvgIpc) is 2.80. The van der Waals surface area contributed by atoms with Gasteiger partial charge in [0.25, 0.3) is 8.54 Å². The van der Waals surface area contributed by atoms with E-state index in [1.165, 1.54) is 11.6 Å². The normalized spacial score (nSPS) is 11.6. The number of ether oxygens (including phenoxy) is 2. The van der Waals surface area contributed by atoms with Crippen molar-refractivity contribution in [1.82, 2.24) is 5.43 Å². The Labute approximate surface area is 225 Å². The van der Waals surface area contributed by atoms with Gasteiger partial charge in [0.15, 0.2) is 6.61 Å². The number of benzene rings is 2. The Balaban J connectivity index is 0.00000102. The Morgan fingerprint density at radius 1 is 1.19 bits per heavy atom. The lowest BCUT2D eigenvalue weighted by Gasteiger charge is -2.19. The van der Waals surface area contributed by atoms with Crippen molar-refractivity contribution < 1.29 is 22.7 Å². The third kappa shape index (κ3) is 14.6. The van der Waals surface area contributed by atoms with E-state index < -0.39 is 14.1 Å². The van der Waals surface area contributed by atoms with Crippen molar-refractivity contribution in [2.75, 3.05) is 18.9 Å². The second-order valence-corrected chi connectivity index (χ2v) is 10.8. The molecule has 2 rings (SSSR count). The predicted octanol–water partition coefficient (Wildman–Crippen LogP) is 8.07. The highest BCUT2D eigenvalue weighted by Gasteiger charge is 2.17. The Morgan fingerprint density at radius 3 is 2.46 bits per heavy atom. The van der Waals surface area contributed by atoms with Crippen LogP contribution in [0.15, 0.2) is 77.0 Å². The van der Waals surface area contributed by atoms with E-state index in [0.717, 1.165) is 27.6 Å². The van der Waals surface area contributed by atoms with Gasteiger partial charge in [0.2, 0.25) is 0 Å². The molecule has 0 aromatic heterocycles. The zero-order valence-electron chi connectivity index (χ0n) is 22.4. The molecule has 2 aromatic carbocycles. The minimum atomic E-state index is -2.78. The molecule has 0 aliphatic heterocycles. The summed E-state index contributed by atoms with van der Waals surface area (Å²) >= 11 is 1.70. The molecule has 0 saturated heterocycles. The highest BCUT2D eigenvalue weighted by molar-refractivity contribution is 8.00. The molecular weight excluding hydrogens is 513 g/mol. The molecule has 37 heavy (non-hydrogen) atoms. The average molecular weight is 551 g/mol. The first-order valence-corrected chi connectivity index (χ1v) is 13.9.